The molecular formula is C26H35NO5S. The number of thiophene rings is 1. The average Bonchev–Trinajstić information content (AvgIpc) is 3.16. The average molecular weight is 474 g/mol. The van der Waals surface area contributed by atoms with E-state index in [2.05, 4.69) is 26.1 Å². The molecule has 1 aromatic carbocycles. The lowest BCUT2D eigenvalue weighted by Gasteiger charge is -2.30. The fourth-order valence-electron chi connectivity index (χ4n) is 4.36. The Morgan fingerprint density at radius 2 is 2.03 bits per heavy atom. The molecule has 0 spiro atoms. The van der Waals surface area contributed by atoms with Crippen LogP contribution in [0, 0.1) is 5.41 Å². The Balaban J connectivity index is 1.63. The minimum atomic E-state index is -0.534. The molecule has 6 nitrogen and oxygen atoms in total. The predicted octanol–water partition coefficient (Wildman–Crippen LogP) is 4.14. The fraction of sp³-hybridized carbons (Fsp3) is 0.538. The summed E-state index contributed by atoms with van der Waals surface area (Å²) in [6.07, 6.45) is 5.22. The molecule has 7 heteroatoms. The number of aliphatic hydroxyl groups excluding tert-OH is 1. The predicted molar refractivity (Wildman–Crippen MR) is 131 cm³/mol. The quantitative estimate of drug-likeness (QED) is 0.379. The second kappa shape index (κ2) is 11.2. The zero-order valence-corrected chi connectivity index (χ0v) is 20.9. The van der Waals surface area contributed by atoms with E-state index in [0.717, 1.165) is 36.1 Å². The molecule has 180 valence electrons. The van der Waals surface area contributed by atoms with Gasteiger partial charge in [0.25, 0.3) is 0 Å². The number of amides is 1. The Morgan fingerprint density at radius 1 is 1.24 bits per heavy atom. The highest BCUT2D eigenvalue weighted by atomic mass is 32.1. The summed E-state index contributed by atoms with van der Waals surface area (Å²) in [6.45, 7) is 6.87. The van der Waals surface area contributed by atoms with Crippen LogP contribution in [0.5, 0.6) is 11.5 Å². The van der Waals surface area contributed by atoms with Crippen LogP contribution in [0.25, 0.3) is 0 Å². The van der Waals surface area contributed by atoms with Gasteiger partial charge in [-0.25, -0.2) is 0 Å². The minimum absolute atomic E-state index is 0.220. The summed E-state index contributed by atoms with van der Waals surface area (Å²) in [4.78, 5) is 26.6. The second-order valence-electron chi connectivity index (χ2n) is 9.26. The van der Waals surface area contributed by atoms with Crippen LogP contribution in [-0.4, -0.2) is 43.7 Å². The highest BCUT2D eigenvalue weighted by molar-refractivity contribution is 7.14. The van der Waals surface area contributed by atoms with Crippen molar-refractivity contribution in [1.82, 2.24) is 5.32 Å². The molecule has 0 aliphatic heterocycles. The highest BCUT2D eigenvalue weighted by Gasteiger charge is 2.31. The number of hydrogen-bond donors (Lipinski definition) is 2. The van der Waals surface area contributed by atoms with Gasteiger partial charge in [0.2, 0.25) is 5.91 Å². The Labute approximate surface area is 200 Å². The zero-order chi connectivity index (χ0) is 24.0. The first-order chi connectivity index (χ1) is 15.8. The van der Waals surface area contributed by atoms with Crippen molar-refractivity contribution in [3.05, 3.63) is 44.6 Å². The third-order valence-corrected chi connectivity index (χ3v) is 7.66. The van der Waals surface area contributed by atoms with Crippen LogP contribution in [0.15, 0.2) is 18.2 Å². The summed E-state index contributed by atoms with van der Waals surface area (Å²) in [5, 5.41) is 11.3. The van der Waals surface area contributed by atoms with E-state index >= 15 is 0 Å². The lowest BCUT2D eigenvalue weighted by molar-refractivity contribution is -0.123. The van der Waals surface area contributed by atoms with Gasteiger partial charge in [-0.1, -0.05) is 26.8 Å². The second-order valence-corrected chi connectivity index (χ2v) is 10.4. The summed E-state index contributed by atoms with van der Waals surface area (Å²) in [5.41, 5.74) is 4.00. The van der Waals surface area contributed by atoms with Crippen LogP contribution < -0.4 is 14.8 Å². The van der Waals surface area contributed by atoms with Crippen molar-refractivity contribution in [3.8, 4) is 11.5 Å². The number of aryl methyl sites for hydroxylation is 2. The van der Waals surface area contributed by atoms with E-state index in [9.17, 15) is 9.59 Å². The molecule has 1 heterocycles. The fourth-order valence-corrected chi connectivity index (χ4v) is 5.63. The van der Waals surface area contributed by atoms with Gasteiger partial charge in [-0.2, -0.15) is 0 Å². The van der Waals surface area contributed by atoms with Crippen LogP contribution in [0.3, 0.4) is 0 Å². The maximum Gasteiger partial charge on any atom is 0.245 e. The molecule has 1 aliphatic rings. The largest absolute Gasteiger partial charge is 0.496 e. The van der Waals surface area contributed by atoms with Crippen molar-refractivity contribution in [2.45, 2.75) is 59.3 Å². The molecule has 0 atom stereocenters. The molecule has 3 rings (SSSR count). The molecule has 1 amide bonds. The maximum absolute atomic E-state index is 13.2. The number of methoxy groups -OCH3 is 1. The van der Waals surface area contributed by atoms with E-state index in [1.165, 1.54) is 16.0 Å². The van der Waals surface area contributed by atoms with E-state index < -0.39 is 12.5 Å². The van der Waals surface area contributed by atoms with Gasteiger partial charge < -0.3 is 19.9 Å². The first-order valence-corrected chi connectivity index (χ1v) is 12.4. The summed E-state index contributed by atoms with van der Waals surface area (Å²) in [7, 11) is 1.61. The summed E-state index contributed by atoms with van der Waals surface area (Å²) >= 11 is 1.70. The number of fused-ring (bicyclic) bond motifs is 1. The standard InChI is InChI=1S/C26H35NO5S/c1-5-23-20-15-26(2,3)11-10-19(20)25(33-23)21(29)9-7-17-6-8-18(14-22(17)31-4)32-13-12-27-24(30)16-28/h6,8,14,28H,5,7,9-13,15-16H2,1-4H3,(H,27,30). The van der Waals surface area contributed by atoms with E-state index in [-0.39, 0.29) is 12.4 Å². The lowest BCUT2D eigenvalue weighted by Crippen LogP contribution is -2.30. The number of ketones is 1. The highest BCUT2D eigenvalue weighted by Crippen LogP contribution is 2.42. The molecule has 0 saturated heterocycles. The SMILES string of the molecule is CCc1sc(C(=O)CCc2ccc(OCCNC(=O)CO)cc2OC)c2c1CC(C)(C)CC2. The molecule has 1 aliphatic carbocycles. The number of benzene rings is 1. The number of carbonyl (C=O) groups excluding carboxylic acids is 2. The molecule has 2 N–H and O–H groups in total. The van der Waals surface area contributed by atoms with Gasteiger partial charge in [0.1, 0.15) is 24.7 Å². The molecule has 1 aromatic heterocycles. The number of hydrogen-bond acceptors (Lipinski definition) is 6. The molecule has 0 radical (unpaired) electrons. The topological polar surface area (TPSA) is 84.9 Å². The van der Waals surface area contributed by atoms with Gasteiger partial charge in [-0.05, 0) is 60.3 Å². The Kier molecular flexibility index (Phi) is 8.54. The Morgan fingerprint density at radius 3 is 2.73 bits per heavy atom. The van der Waals surface area contributed by atoms with E-state index in [1.54, 1.807) is 24.5 Å². The van der Waals surface area contributed by atoms with Crippen LogP contribution in [-0.2, 0) is 30.5 Å². The van der Waals surface area contributed by atoms with Crippen molar-refractivity contribution in [2.24, 2.45) is 5.41 Å². The number of rotatable bonds is 11. The van der Waals surface area contributed by atoms with Crippen molar-refractivity contribution in [1.29, 1.82) is 0 Å². The number of ether oxygens (including phenoxy) is 2. The van der Waals surface area contributed by atoms with Gasteiger partial charge in [0.05, 0.1) is 18.5 Å². The molecular weight excluding hydrogens is 438 g/mol. The van der Waals surface area contributed by atoms with Gasteiger partial charge in [0.15, 0.2) is 5.78 Å². The Hall–Kier alpha value is -2.38. The molecule has 33 heavy (non-hydrogen) atoms. The molecule has 0 unspecified atom stereocenters. The van der Waals surface area contributed by atoms with Gasteiger partial charge in [-0.3, -0.25) is 9.59 Å². The molecule has 0 bridgehead atoms. The minimum Gasteiger partial charge on any atom is -0.496 e. The lowest BCUT2D eigenvalue weighted by atomic mass is 9.74. The normalized spacial score (nSPS) is 14.5. The van der Waals surface area contributed by atoms with Crippen LogP contribution in [0.2, 0.25) is 0 Å². The van der Waals surface area contributed by atoms with Gasteiger partial charge in [0, 0.05) is 17.4 Å². The third-order valence-electron chi connectivity index (χ3n) is 6.20. The van der Waals surface area contributed by atoms with Crippen LogP contribution in [0.4, 0.5) is 0 Å². The maximum atomic E-state index is 13.2. The van der Waals surface area contributed by atoms with E-state index in [0.29, 0.717) is 36.3 Å². The summed E-state index contributed by atoms with van der Waals surface area (Å²) < 4.78 is 11.2. The van der Waals surface area contributed by atoms with Crippen molar-refractivity contribution < 1.29 is 24.2 Å². The first-order valence-electron chi connectivity index (χ1n) is 11.6. The van der Waals surface area contributed by atoms with Crippen LogP contribution >= 0.6 is 11.3 Å². The number of aliphatic hydroxyl groups is 1. The van der Waals surface area contributed by atoms with Crippen molar-refractivity contribution in [2.75, 3.05) is 26.9 Å². The number of carbonyl (C=O) groups is 2. The zero-order valence-electron chi connectivity index (χ0n) is 20.1. The first kappa shape index (κ1) is 25.2. The molecule has 0 saturated carbocycles. The third kappa shape index (κ3) is 6.36. The smallest absolute Gasteiger partial charge is 0.245 e. The molecule has 2 aromatic rings. The number of Topliss-reactive ketones (excluding diaryl/α,β-unsaturated/α-hetero) is 1. The van der Waals surface area contributed by atoms with E-state index in [4.69, 9.17) is 14.6 Å². The van der Waals surface area contributed by atoms with Gasteiger partial charge >= 0.3 is 0 Å². The van der Waals surface area contributed by atoms with E-state index in [1.807, 2.05) is 12.1 Å². The molecule has 0 fully saturated rings. The Bertz CT molecular complexity index is 995. The van der Waals surface area contributed by atoms with Crippen LogP contribution in [0.1, 0.15) is 64.9 Å². The van der Waals surface area contributed by atoms with Crippen molar-refractivity contribution in [3.63, 3.8) is 0 Å². The monoisotopic (exact) mass is 473 g/mol. The summed E-state index contributed by atoms with van der Waals surface area (Å²) in [6, 6.07) is 5.58. The summed E-state index contributed by atoms with van der Waals surface area (Å²) in [5.74, 6) is 1.10. The van der Waals surface area contributed by atoms with Gasteiger partial charge in [-0.15, -0.1) is 11.3 Å². The number of nitrogens with one attached hydrogen (secondary N) is 1. The van der Waals surface area contributed by atoms with Crippen molar-refractivity contribution >= 4 is 23.0 Å².